The molecule has 1 aromatic rings. The average molecular weight is 305 g/mol. The number of nitrogens with zero attached hydrogens (tertiary/aromatic N) is 3. The number of alkyl halides is 3. The van der Waals surface area contributed by atoms with Gasteiger partial charge in [-0.3, -0.25) is 4.68 Å². The number of hydrogen-bond donors (Lipinski definition) is 2. The van der Waals surface area contributed by atoms with Gasteiger partial charge in [0.25, 0.3) is 0 Å². The Labute approximate surface area is 122 Å². The lowest BCUT2D eigenvalue weighted by atomic mass is 10.2. The highest BCUT2D eigenvalue weighted by atomic mass is 19.4. The summed E-state index contributed by atoms with van der Waals surface area (Å²) < 4.78 is 39.7. The Balaban J connectivity index is 2.85. The van der Waals surface area contributed by atoms with Gasteiger partial charge < -0.3 is 10.6 Å². The van der Waals surface area contributed by atoms with E-state index in [1.807, 2.05) is 20.8 Å². The van der Waals surface area contributed by atoms with Crippen molar-refractivity contribution in [2.45, 2.75) is 33.5 Å². The second-order valence-corrected chi connectivity index (χ2v) is 5.14. The molecular formula is C13H22F3N5. The van der Waals surface area contributed by atoms with Crippen LogP contribution in [0.25, 0.3) is 0 Å². The zero-order chi connectivity index (χ0) is 16.0. The van der Waals surface area contributed by atoms with E-state index in [1.54, 1.807) is 0 Å². The van der Waals surface area contributed by atoms with Crippen LogP contribution in [0.4, 0.5) is 13.2 Å². The van der Waals surface area contributed by atoms with Crippen LogP contribution in [0.1, 0.15) is 32.0 Å². The Morgan fingerprint density at radius 2 is 2.05 bits per heavy atom. The molecule has 0 aliphatic rings. The third kappa shape index (κ3) is 5.65. The number of aromatic nitrogens is 2. The minimum absolute atomic E-state index is 0.0618. The number of guanidine groups is 1. The number of rotatable bonds is 5. The summed E-state index contributed by atoms with van der Waals surface area (Å²) in [7, 11) is 1.46. The predicted octanol–water partition coefficient (Wildman–Crippen LogP) is 2.15. The van der Waals surface area contributed by atoms with Gasteiger partial charge in [-0.05, 0) is 12.8 Å². The van der Waals surface area contributed by atoms with Crippen LogP contribution < -0.4 is 10.6 Å². The van der Waals surface area contributed by atoms with E-state index in [9.17, 15) is 13.2 Å². The van der Waals surface area contributed by atoms with Crippen molar-refractivity contribution in [3.8, 4) is 0 Å². The second kappa shape index (κ2) is 7.33. The highest BCUT2D eigenvalue weighted by molar-refractivity contribution is 5.79. The fraction of sp³-hybridized carbons (Fsp3) is 0.692. The van der Waals surface area contributed by atoms with E-state index in [0.29, 0.717) is 25.0 Å². The summed E-state index contributed by atoms with van der Waals surface area (Å²) in [5.74, 6) is 0.918. The van der Waals surface area contributed by atoms with Gasteiger partial charge in [0.2, 0.25) is 0 Å². The van der Waals surface area contributed by atoms with Crippen LogP contribution in [0.5, 0.6) is 0 Å². The van der Waals surface area contributed by atoms with Gasteiger partial charge in [0.05, 0.1) is 6.54 Å². The first-order valence-electron chi connectivity index (χ1n) is 6.86. The van der Waals surface area contributed by atoms with Crippen LogP contribution in [-0.2, 0) is 19.8 Å². The molecule has 120 valence electrons. The molecule has 0 amide bonds. The van der Waals surface area contributed by atoms with Crippen molar-refractivity contribution in [1.29, 1.82) is 0 Å². The molecule has 0 atom stereocenters. The Kier molecular flexibility index (Phi) is 6.04. The Morgan fingerprint density at radius 1 is 1.38 bits per heavy atom. The Bertz CT molecular complexity index is 477. The molecular weight excluding hydrogens is 283 g/mol. The van der Waals surface area contributed by atoms with E-state index < -0.39 is 11.9 Å². The van der Waals surface area contributed by atoms with Crippen molar-refractivity contribution in [3.05, 3.63) is 17.5 Å². The van der Waals surface area contributed by atoms with Crippen molar-refractivity contribution in [2.75, 3.05) is 13.1 Å². The maximum Gasteiger partial charge on any atom is 0.435 e. The molecule has 0 unspecified atom stereocenters. The third-order valence-corrected chi connectivity index (χ3v) is 2.60. The molecule has 1 heterocycles. The van der Waals surface area contributed by atoms with Crippen LogP contribution in [0.2, 0.25) is 0 Å². The molecule has 0 fully saturated rings. The van der Waals surface area contributed by atoms with Crippen molar-refractivity contribution < 1.29 is 13.2 Å². The molecule has 0 aliphatic heterocycles. The monoisotopic (exact) mass is 305 g/mol. The number of aliphatic imine (C=N–C) groups is 1. The maximum absolute atomic E-state index is 12.8. The molecule has 0 aliphatic carbocycles. The molecule has 0 aromatic carbocycles. The molecule has 0 bridgehead atoms. The van der Waals surface area contributed by atoms with Crippen LogP contribution in [-0.4, -0.2) is 28.8 Å². The van der Waals surface area contributed by atoms with E-state index in [1.165, 1.54) is 13.2 Å². The molecule has 2 N–H and O–H groups in total. The van der Waals surface area contributed by atoms with Gasteiger partial charge in [-0.2, -0.15) is 18.3 Å². The fourth-order valence-electron chi connectivity index (χ4n) is 1.70. The van der Waals surface area contributed by atoms with Gasteiger partial charge in [0.1, 0.15) is 0 Å². The van der Waals surface area contributed by atoms with Crippen LogP contribution in [0.15, 0.2) is 11.2 Å². The summed E-state index contributed by atoms with van der Waals surface area (Å²) in [5, 5.41) is 9.55. The lowest BCUT2D eigenvalue weighted by Gasteiger charge is -2.13. The lowest BCUT2D eigenvalue weighted by molar-refractivity contribution is -0.142. The van der Waals surface area contributed by atoms with Gasteiger partial charge in [0.15, 0.2) is 11.7 Å². The molecule has 21 heavy (non-hydrogen) atoms. The molecule has 0 radical (unpaired) electrons. The summed E-state index contributed by atoms with van der Waals surface area (Å²) in [5.41, 5.74) is -0.819. The number of halogens is 3. The Morgan fingerprint density at radius 3 is 2.57 bits per heavy atom. The van der Waals surface area contributed by atoms with Gasteiger partial charge in [-0.15, -0.1) is 0 Å². The van der Waals surface area contributed by atoms with Gasteiger partial charge in [0, 0.05) is 31.9 Å². The van der Waals surface area contributed by atoms with E-state index in [-0.39, 0.29) is 12.1 Å². The standard InChI is InChI=1S/C13H22F3N5/c1-5-17-12(18-6-9(2)3)19-7-10-8-21(4)20-11(10)13(14,15)16/h8-9H,5-7H2,1-4H3,(H2,17,18,19). The molecule has 0 saturated carbocycles. The molecule has 5 nitrogen and oxygen atoms in total. The highest BCUT2D eigenvalue weighted by Crippen LogP contribution is 2.30. The van der Waals surface area contributed by atoms with Gasteiger partial charge in [-0.25, -0.2) is 4.99 Å². The average Bonchev–Trinajstić information content (AvgIpc) is 2.74. The van der Waals surface area contributed by atoms with Crippen LogP contribution in [0.3, 0.4) is 0 Å². The lowest BCUT2D eigenvalue weighted by Crippen LogP contribution is -2.39. The minimum atomic E-state index is -4.46. The van der Waals surface area contributed by atoms with E-state index in [2.05, 4.69) is 20.7 Å². The molecule has 1 rings (SSSR count). The van der Waals surface area contributed by atoms with Crippen molar-refractivity contribution in [3.63, 3.8) is 0 Å². The van der Waals surface area contributed by atoms with Gasteiger partial charge >= 0.3 is 6.18 Å². The van der Waals surface area contributed by atoms with E-state index in [4.69, 9.17) is 0 Å². The largest absolute Gasteiger partial charge is 0.435 e. The highest BCUT2D eigenvalue weighted by Gasteiger charge is 2.36. The SMILES string of the molecule is CCNC(=NCc1cn(C)nc1C(F)(F)F)NCC(C)C. The van der Waals surface area contributed by atoms with E-state index in [0.717, 1.165) is 4.68 Å². The molecule has 0 spiro atoms. The van der Waals surface area contributed by atoms with Crippen molar-refractivity contribution in [1.82, 2.24) is 20.4 Å². The zero-order valence-electron chi connectivity index (χ0n) is 12.8. The normalized spacial score (nSPS) is 12.9. The molecule has 1 aromatic heterocycles. The fourth-order valence-corrected chi connectivity index (χ4v) is 1.70. The van der Waals surface area contributed by atoms with Crippen molar-refractivity contribution >= 4 is 5.96 Å². The minimum Gasteiger partial charge on any atom is -0.357 e. The predicted molar refractivity (Wildman–Crippen MR) is 75.9 cm³/mol. The first-order valence-corrected chi connectivity index (χ1v) is 6.86. The molecule has 8 heteroatoms. The van der Waals surface area contributed by atoms with Crippen LogP contribution in [0, 0.1) is 5.92 Å². The smallest absolute Gasteiger partial charge is 0.357 e. The first kappa shape index (κ1) is 17.3. The summed E-state index contributed by atoms with van der Waals surface area (Å²) in [6.45, 7) is 7.25. The summed E-state index contributed by atoms with van der Waals surface area (Å²) >= 11 is 0. The first-order chi connectivity index (χ1) is 9.74. The van der Waals surface area contributed by atoms with Crippen LogP contribution >= 0.6 is 0 Å². The van der Waals surface area contributed by atoms with Crippen molar-refractivity contribution in [2.24, 2.45) is 18.0 Å². The maximum atomic E-state index is 12.8. The zero-order valence-corrected chi connectivity index (χ0v) is 12.8. The summed E-state index contributed by atoms with van der Waals surface area (Å²) in [6, 6.07) is 0. The number of aryl methyl sites for hydroxylation is 1. The molecule has 0 saturated heterocycles. The third-order valence-electron chi connectivity index (χ3n) is 2.60. The second-order valence-electron chi connectivity index (χ2n) is 5.14. The van der Waals surface area contributed by atoms with E-state index >= 15 is 0 Å². The number of nitrogens with one attached hydrogen (secondary N) is 2. The summed E-state index contributed by atoms with van der Waals surface area (Å²) in [4.78, 5) is 4.18. The quantitative estimate of drug-likeness (QED) is 0.647. The Hall–Kier alpha value is -1.73. The van der Waals surface area contributed by atoms with Gasteiger partial charge in [-0.1, -0.05) is 13.8 Å². The topological polar surface area (TPSA) is 54.2 Å². The number of hydrogen-bond acceptors (Lipinski definition) is 2. The summed E-state index contributed by atoms with van der Waals surface area (Å²) in [6.07, 6.45) is -3.12.